The first kappa shape index (κ1) is 23.3. The lowest BCUT2D eigenvalue weighted by Crippen LogP contribution is -2.54. The summed E-state index contributed by atoms with van der Waals surface area (Å²) in [6, 6.07) is 2.17. The molecule has 5 rings (SSSR count). The summed E-state index contributed by atoms with van der Waals surface area (Å²) in [6.45, 7) is 2.65. The van der Waals surface area contributed by atoms with Gasteiger partial charge in [0.25, 0.3) is 5.91 Å². The third kappa shape index (κ3) is 4.33. The first-order chi connectivity index (χ1) is 16.4. The van der Waals surface area contributed by atoms with Crippen LogP contribution in [0.1, 0.15) is 66.7 Å². The van der Waals surface area contributed by atoms with Gasteiger partial charge >= 0.3 is 0 Å². The molecule has 10 heteroatoms. The minimum absolute atomic E-state index is 0.00565. The van der Waals surface area contributed by atoms with Gasteiger partial charge in [0, 0.05) is 42.2 Å². The van der Waals surface area contributed by atoms with Gasteiger partial charge in [-0.25, -0.2) is 4.98 Å². The van der Waals surface area contributed by atoms with Crippen molar-refractivity contribution < 1.29 is 23.1 Å². The largest absolute Gasteiger partial charge is 0.381 e. The van der Waals surface area contributed by atoms with Crippen LogP contribution in [0.15, 0.2) is 12.1 Å². The fourth-order valence-electron chi connectivity index (χ4n) is 5.56. The van der Waals surface area contributed by atoms with E-state index in [2.05, 4.69) is 15.3 Å². The van der Waals surface area contributed by atoms with Gasteiger partial charge in [0.05, 0.1) is 5.69 Å². The molecule has 0 bridgehead atoms. The van der Waals surface area contributed by atoms with Crippen molar-refractivity contribution in [2.24, 2.45) is 11.3 Å². The molecule has 1 atom stereocenters. The Morgan fingerprint density at radius 2 is 1.76 bits per heavy atom. The second-order valence-electron chi connectivity index (χ2n) is 9.57. The number of aryl methyl sites for hydroxylation is 1. The molecule has 3 heterocycles. The second-order valence-corrected chi connectivity index (χ2v) is 10.7. The number of pyridine rings is 1. The summed E-state index contributed by atoms with van der Waals surface area (Å²) in [4.78, 5) is 36.1. The van der Waals surface area contributed by atoms with Crippen molar-refractivity contribution in [1.82, 2.24) is 15.3 Å². The third-order valence-corrected chi connectivity index (χ3v) is 8.52. The summed E-state index contributed by atoms with van der Waals surface area (Å²) in [5.41, 5.74) is 0.477. The van der Waals surface area contributed by atoms with Crippen LogP contribution >= 0.6 is 11.3 Å². The highest BCUT2D eigenvalue weighted by atomic mass is 32.1. The summed E-state index contributed by atoms with van der Waals surface area (Å²) in [5, 5.41) is 3.38. The fourth-order valence-corrected chi connectivity index (χ4v) is 6.49. The average Bonchev–Trinajstić information content (AvgIpc) is 3.46. The van der Waals surface area contributed by atoms with Gasteiger partial charge in [0.15, 0.2) is 5.13 Å². The van der Waals surface area contributed by atoms with Gasteiger partial charge < -0.3 is 10.1 Å². The number of nitrogens with one attached hydrogen (secondary N) is 1. The number of aromatic nitrogens is 2. The van der Waals surface area contributed by atoms with Gasteiger partial charge in [-0.3, -0.25) is 14.5 Å². The van der Waals surface area contributed by atoms with Crippen molar-refractivity contribution in [2.75, 3.05) is 18.1 Å². The number of rotatable bonds is 5. The number of hydrogen-bond donors (Lipinski definition) is 1. The molecule has 1 aliphatic heterocycles. The molecule has 1 saturated heterocycles. The van der Waals surface area contributed by atoms with Crippen LogP contribution in [0.4, 0.5) is 19.6 Å². The van der Waals surface area contributed by atoms with Crippen LogP contribution < -0.4 is 10.2 Å². The van der Waals surface area contributed by atoms with Gasteiger partial charge in [-0.05, 0) is 50.9 Å². The number of carbonyl (C=O) groups is 2. The van der Waals surface area contributed by atoms with Crippen molar-refractivity contribution in [3.63, 3.8) is 0 Å². The van der Waals surface area contributed by atoms with Crippen LogP contribution in [-0.4, -0.2) is 41.0 Å². The summed E-state index contributed by atoms with van der Waals surface area (Å²) in [5.74, 6) is -3.01. The van der Waals surface area contributed by atoms with Crippen LogP contribution in [0.25, 0.3) is 0 Å². The number of carbonyl (C=O) groups excluding carboxylic acids is 2. The first-order valence-corrected chi connectivity index (χ1v) is 12.7. The van der Waals surface area contributed by atoms with E-state index in [1.54, 1.807) is 6.92 Å². The van der Waals surface area contributed by atoms with Crippen LogP contribution in [-0.2, 0) is 9.53 Å². The van der Waals surface area contributed by atoms with E-state index in [1.807, 2.05) is 0 Å². The Morgan fingerprint density at radius 1 is 1.09 bits per heavy atom. The lowest BCUT2D eigenvalue weighted by Gasteiger charge is -2.47. The van der Waals surface area contributed by atoms with Crippen LogP contribution in [0.2, 0.25) is 0 Å². The molecule has 0 unspecified atom stereocenters. The predicted molar refractivity (Wildman–Crippen MR) is 123 cm³/mol. The average molecular weight is 491 g/mol. The Kier molecular flexibility index (Phi) is 6.37. The number of nitrogens with zero attached hydrogens (tertiary/aromatic N) is 3. The van der Waals surface area contributed by atoms with Crippen molar-refractivity contribution >= 4 is 34.0 Å². The normalized spacial score (nSPS) is 21.9. The number of hydrogen-bond acceptors (Lipinski definition) is 6. The van der Waals surface area contributed by atoms with E-state index in [1.165, 1.54) is 17.7 Å². The zero-order valence-electron chi connectivity index (χ0n) is 19.1. The minimum atomic E-state index is -1.03. The molecule has 34 heavy (non-hydrogen) atoms. The van der Waals surface area contributed by atoms with Gasteiger partial charge in [-0.2, -0.15) is 13.8 Å². The molecule has 3 aliphatic rings. The Labute approximate surface area is 200 Å². The Balaban J connectivity index is 1.44. The van der Waals surface area contributed by atoms with E-state index in [4.69, 9.17) is 4.74 Å². The highest BCUT2D eigenvalue weighted by Crippen LogP contribution is 2.53. The molecular weight excluding hydrogens is 462 g/mol. The molecule has 3 fully saturated rings. The van der Waals surface area contributed by atoms with Crippen LogP contribution in [0, 0.1) is 30.2 Å². The number of amides is 2. The van der Waals surface area contributed by atoms with E-state index in [-0.39, 0.29) is 45.7 Å². The lowest BCUT2D eigenvalue weighted by molar-refractivity contribution is -0.124. The Hall–Kier alpha value is -2.46. The molecule has 1 N–H and O–H groups in total. The number of ether oxygens (including phenoxy) is 1. The van der Waals surface area contributed by atoms with E-state index in [0.29, 0.717) is 30.9 Å². The molecule has 7 nitrogen and oxygen atoms in total. The van der Waals surface area contributed by atoms with Crippen molar-refractivity contribution in [1.29, 1.82) is 0 Å². The van der Waals surface area contributed by atoms with Gasteiger partial charge in [0.1, 0.15) is 5.69 Å². The van der Waals surface area contributed by atoms with E-state index in [9.17, 15) is 18.4 Å². The number of anilines is 2. The van der Waals surface area contributed by atoms with Gasteiger partial charge in [0.2, 0.25) is 17.8 Å². The van der Waals surface area contributed by atoms with Crippen LogP contribution in [0.3, 0.4) is 0 Å². The van der Waals surface area contributed by atoms with Crippen molar-refractivity contribution in [2.45, 2.75) is 64.3 Å². The molecular formula is C24H28F2N4O3S. The fraction of sp³-hybridized carbons (Fsp3) is 0.583. The molecule has 2 aromatic heterocycles. The minimum Gasteiger partial charge on any atom is -0.381 e. The highest BCUT2D eigenvalue weighted by Gasteiger charge is 2.49. The molecule has 0 aromatic carbocycles. The summed E-state index contributed by atoms with van der Waals surface area (Å²) >= 11 is 1.16. The zero-order chi connectivity index (χ0) is 23.9. The topological polar surface area (TPSA) is 84.4 Å². The summed E-state index contributed by atoms with van der Waals surface area (Å²) < 4.78 is 33.3. The van der Waals surface area contributed by atoms with Crippen LogP contribution in [0.5, 0.6) is 0 Å². The van der Waals surface area contributed by atoms with E-state index in [0.717, 1.165) is 49.2 Å². The maximum atomic E-state index is 14.0. The first-order valence-electron chi connectivity index (χ1n) is 11.9. The lowest BCUT2D eigenvalue weighted by atomic mass is 9.63. The Morgan fingerprint density at radius 3 is 2.38 bits per heavy atom. The highest BCUT2D eigenvalue weighted by molar-refractivity contribution is 7.16. The molecule has 0 radical (unpaired) electrons. The monoisotopic (exact) mass is 490 g/mol. The van der Waals surface area contributed by atoms with E-state index < -0.39 is 11.9 Å². The SMILES string of the molecule is Cc1sc(N(C(=O)C2CCOCC2)c2cc(F)nc(F)c2)nc1C(=O)N[C@@H]1CCC12CCCC2. The third-order valence-electron chi connectivity index (χ3n) is 7.56. The van der Waals surface area contributed by atoms with Gasteiger partial charge in [-0.1, -0.05) is 12.8 Å². The van der Waals surface area contributed by atoms with E-state index >= 15 is 0 Å². The molecule has 182 valence electrons. The quantitative estimate of drug-likeness (QED) is 0.616. The Bertz CT molecular complexity index is 1080. The summed E-state index contributed by atoms with van der Waals surface area (Å²) in [6.07, 6.45) is 7.82. The standard InChI is InChI=1S/C24H28F2N4O3S/c1-14-20(21(31)27-17-4-9-24(17)7-2-3-8-24)29-23(34-14)30(16-12-18(25)28-19(26)13-16)22(32)15-5-10-33-11-6-15/h12-13,15,17H,2-11H2,1H3,(H,27,31)/t17-/m1/s1. The zero-order valence-corrected chi connectivity index (χ0v) is 19.9. The maximum Gasteiger partial charge on any atom is 0.271 e. The summed E-state index contributed by atoms with van der Waals surface area (Å²) in [7, 11) is 0. The maximum absolute atomic E-state index is 14.0. The smallest absolute Gasteiger partial charge is 0.271 e. The number of thiazole rings is 1. The molecule has 2 saturated carbocycles. The molecule has 2 aliphatic carbocycles. The van der Waals surface area contributed by atoms with Gasteiger partial charge in [-0.15, -0.1) is 11.3 Å². The molecule has 2 amide bonds. The van der Waals surface area contributed by atoms with Crippen molar-refractivity contribution in [3.05, 3.63) is 34.6 Å². The number of halogens is 2. The predicted octanol–water partition coefficient (Wildman–Crippen LogP) is 4.67. The molecule has 2 aromatic rings. The van der Waals surface area contributed by atoms with Crippen molar-refractivity contribution in [3.8, 4) is 0 Å². The second kappa shape index (κ2) is 9.30. The molecule has 1 spiro atoms.